The molecule has 0 aromatic heterocycles. The summed E-state index contributed by atoms with van der Waals surface area (Å²) >= 11 is 0. The van der Waals surface area contributed by atoms with Crippen molar-refractivity contribution < 1.29 is 34.0 Å². The zero-order valence-corrected chi connectivity index (χ0v) is 17.0. The summed E-state index contributed by atoms with van der Waals surface area (Å²) in [5, 5.41) is 27.4. The van der Waals surface area contributed by atoms with E-state index in [4.69, 9.17) is 15.3 Å². The number of carbonyl (C=O) groups excluding carboxylic acids is 2. The summed E-state index contributed by atoms with van der Waals surface area (Å²) in [4.78, 5) is 30.0. The second-order valence-corrected chi connectivity index (χ2v) is 7.71. The molecule has 2 heterocycles. The normalized spacial score (nSPS) is 20.9. The number of likely N-dealkylation sites (tertiary alicyclic amines) is 1. The monoisotopic (exact) mass is 425 g/mol. The van der Waals surface area contributed by atoms with Gasteiger partial charge in [-0.05, 0) is 31.5 Å². The number of piperazine rings is 1. The fourth-order valence-electron chi connectivity index (χ4n) is 4.05. The molecular weight excluding hydrogens is 397 g/mol. The maximum absolute atomic E-state index is 14.5. The van der Waals surface area contributed by atoms with Gasteiger partial charge in [0.05, 0.1) is 6.04 Å². The van der Waals surface area contributed by atoms with Crippen LogP contribution in [0.1, 0.15) is 31.7 Å². The molecule has 1 atom stereocenters. The van der Waals surface area contributed by atoms with Crippen molar-refractivity contribution in [1.82, 2.24) is 14.7 Å². The molecule has 10 heteroatoms. The van der Waals surface area contributed by atoms with Gasteiger partial charge in [-0.1, -0.05) is 12.5 Å². The number of hydrogen-bond acceptors (Lipinski definition) is 7. The average molecular weight is 425 g/mol. The lowest BCUT2D eigenvalue weighted by atomic mass is 9.99. The van der Waals surface area contributed by atoms with E-state index in [9.17, 15) is 14.0 Å². The maximum atomic E-state index is 14.5. The Labute approximate surface area is 174 Å². The molecule has 0 radical (unpaired) electrons. The van der Waals surface area contributed by atoms with Gasteiger partial charge in [-0.3, -0.25) is 14.5 Å². The lowest BCUT2D eigenvalue weighted by molar-refractivity contribution is -0.419. The van der Waals surface area contributed by atoms with Crippen LogP contribution in [0, 0.1) is 5.82 Å². The number of nitrogens with zero attached hydrogens (tertiary/aromatic N) is 3. The summed E-state index contributed by atoms with van der Waals surface area (Å²) in [6.07, 6.45) is -1.10. The Morgan fingerprint density at radius 3 is 2.40 bits per heavy atom. The number of ether oxygens (including phenoxy) is 1. The predicted octanol–water partition coefficient (Wildman–Crippen LogP) is -0.162. The molecular formula is C20H28FN3O6. The number of rotatable bonds is 5. The lowest BCUT2D eigenvalue weighted by Crippen LogP contribution is -2.56. The molecule has 1 aromatic carbocycles. The quantitative estimate of drug-likeness (QED) is 0.562. The van der Waals surface area contributed by atoms with Gasteiger partial charge in [0, 0.05) is 45.2 Å². The van der Waals surface area contributed by atoms with Crippen LogP contribution in [-0.4, -0.2) is 86.8 Å². The minimum Gasteiger partial charge on any atom is -0.416 e. The van der Waals surface area contributed by atoms with E-state index < -0.39 is 18.0 Å². The van der Waals surface area contributed by atoms with Crippen LogP contribution >= 0.6 is 0 Å². The molecule has 0 spiro atoms. The van der Waals surface area contributed by atoms with Gasteiger partial charge in [-0.2, -0.15) is 0 Å². The fraction of sp³-hybridized carbons (Fsp3) is 0.600. The van der Waals surface area contributed by atoms with Crippen molar-refractivity contribution in [2.45, 2.75) is 44.9 Å². The van der Waals surface area contributed by atoms with Crippen LogP contribution in [0.15, 0.2) is 18.2 Å². The summed E-state index contributed by atoms with van der Waals surface area (Å²) in [6, 6.07) is 3.40. The van der Waals surface area contributed by atoms with E-state index in [1.165, 1.54) is 25.1 Å². The Bertz CT molecular complexity index is 776. The highest BCUT2D eigenvalue weighted by molar-refractivity contribution is 5.82. The molecule has 2 aliphatic heterocycles. The van der Waals surface area contributed by atoms with Crippen LogP contribution in [-0.2, 0) is 16.1 Å². The largest absolute Gasteiger partial charge is 0.453 e. The van der Waals surface area contributed by atoms with Gasteiger partial charge in [0.15, 0.2) is 0 Å². The summed E-state index contributed by atoms with van der Waals surface area (Å²) < 4.78 is 19.2. The van der Waals surface area contributed by atoms with Crippen LogP contribution < -0.4 is 4.74 Å². The van der Waals surface area contributed by atoms with E-state index in [0.717, 1.165) is 12.8 Å². The Kier molecular flexibility index (Phi) is 6.91. The zero-order valence-electron chi connectivity index (χ0n) is 17.0. The van der Waals surface area contributed by atoms with Crippen molar-refractivity contribution >= 4 is 11.8 Å². The molecule has 2 amide bonds. The summed E-state index contributed by atoms with van der Waals surface area (Å²) in [6.45, 7) is 3.99. The second kappa shape index (κ2) is 9.25. The van der Waals surface area contributed by atoms with Crippen LogP contribution in [0.2, 0.25) is 0 Å². The maximum Gasteiger partial charge on any atom is 0.453 e. The van der Waals surface area contributed by atoms with Crippen molar-refractivity contribution in [2.24, 2.45) is 0 Å². The summed E-state index contributed by atoms with van der Waals surface area (Å²) in [5.74, 6) is -0.920. The first kappa shape index (κ1) is 22.4. The number of aliphatic hydroxyl groups is 3. The average Bonchev–Trinajstić information content (AvgIpc) is 2.69. The smallest absolute Gasteiger partial charge is 0.416 e. The molecule has 2 saturated heterocycles. The van der Waals surface area contributed by atoms with Crippen molar-refractivity contribution in [3.8, 4) is 5.75 Å². The van der Waals surface area contributed by atoms with E-state index in [1.54, 1.807) is 9.80 Å². The highest BCUT2D eigenvalue weighted by Gasteiger charge is 2.35. The third kappa shape index (κ3) is 5.45. The highest BCUT2D eigenvalue weighted by Crippen LogP contribution is 2.29. The summed E-state index contributed by atoms with van der Waals surface area (Å²) in [7, 11) is 0. The van der Waals surface area contributed by atoms with E-state index >= 15 is 0 Å². The molecule has 1 unspecified atom stereocenters. The van der Waals surface area contributed by atoms with Gasteiger partial charge in [-0.15, -0.1) is 0 Å². The number of amides is 2. The van der Waals surface area contributed by atoms with Crippen LogP contribution in [0.5, 0.6) is 5.75 Å². The molecule has 166 valence electrons. The molecule has 0 saturated carbocycles. The first-order chi connectivity index (χ1) is 14.2. The van der Waals surface area contributed by atoms with Crippen LogP contribution in [0.3, 0.4) is 0 Å². The molecule has 3 N–H and O–H groups in total. The predicted molar refractivity (Wildman–Crippen MR) is 103 cm³/mol. The molecule has 30 heavy (non-hydrogen) atoms. The Balaban J connectivity index is 1.74. The first-order valence-corrected chi connectivity index (χ1v) is 10.1. The van der Waals surface area contributed by atoms with Crippen molar-refractivity contribution in [3.63, 3.8) is 0 Å². The van der Waals surface area contributed by atoms with Gasteiger partial charge in [0.25, 0.3) is 0 Å². The number of piperidine rings is 1. The zero-order chi connectivity index (χ0) is 21.9. The standard InChI is InChI=1S/C20H28FN3O6/c1-14(25)22-9-11-23(12-10-22)19(26)17-6-2-3-8-24(17)13-15-16(21)5-4-7-18(15)30-20(27,28)29/h4-5,7,17,27-29H,2-3,6,8-13H2,1H3. The molecule has 0 bridgehead atoms. The Morgan fingerprint density at radius 1 is 1.10 bits per heavy atom. The molecule has 3 rings (SSSR count). The molecule has 0 aliphatic carbocycles. The third-order valence-electron chi connectivity index (χ3n) is 5.62. The van der Waals surface area contributed by atoms with E-state index in [0.29, 0.717) is 39.1 Å². The molecule has 9 nitrogen and oxygen atoms in total. The van der Waals surface area contributed by atoms with Gasteiger partial charge in [-0.25, -0.2) is 4.39 Å². The topological polar surface area (TPSA) is 114 Å². The number of hydrogen-bond donors (Lipinski definition) is 3. The van der Waals surface area contributed by atoms with Crippen molar-refractivity contribution in [2.75, 3.05) is 32.7 Å². The molecule has 2 aliphatic rings. The van der Waals surface area contributed by atoms with Gasteiger partial charge in [0.1, 0.15) is 11.6 Å². The Hall–Kier alpha value is -2.27. The van der Waals surface area contributed by atoms with E-state index in [-0.39, 0.29) is 29.7 Å². The SMILES string of the molecule is CC(=O)N1CCN(C(=O)C2CCCCN2Cc2c(F)cccc2OC(O)(O)O)CC1. The summed E-state index contributed by atoms with van der Waals surface area (Å²) in [5.41, 5.74) is 0.0279. The number of carbonyl (C=O) groups is 2. The van der Waals surface area contributed by atoms with Crippen LogP contribution in [0.25, 0.3) is 0 Å². The van der Waals surface area contributed by atoms with Crippen LogP contribution in [0.4, 0.5) is 4.39 Å². The van der Waals surface area contributed by atoms with Gasteiger partial charge < -0.3 is 29.9 Å². The second-order valence-electron chi connectivity index (χ2n) is 7.71. The highest BCUT2D eigenvalue weighted by atomic mass is 19.1. The Morgan fingerprint density at radius 2 is 1.77 bits per heavy atom. The van der Waals surface area contributed by atoms with Gasteiger partial charge in [0.2, 0.25) is 11.8 Å². The van der Waals surface area contributed by atoms with Crippen molar-refractivity contribution in [3.05, 3.63) is 29.6 Å². The molecule has 2 fully saturated rings. The fourth-order valence-corrected chi connectivity index (χ4v) is 4.05. The first-order valence-electron chi connectivity index (χ1n) is 10.1. The van der Waals surface area contributed by atoms with E-state index in [1.807, 2.05) is 4.90 Å². The van der Waals surface area contributed by atoms with Crippen molar-refractivity contribution in [1.29, 1.82) is 0 Å². The minimum atomic E-state index is -3.43. The third-order valence-corrected chi connectivity index (χ3v) is 5.62. The lowest BCUT2D eigenvalue weighted by Gasteiger charge is -2.40. The van der Waals surface area contributed by atoms with E-state index in [2.05, 4.69) is 4.74 Å². The van der Waals surface area contributed by atoms with Gasteiger partial charge >= 0.3 is 6.16 Å². The number of benzene rings is 1. The molecule has 1 aromatic rings. The number of halogens is 1. The minimum absolute atomic E-state index is 0.0128.